The monoisotopic (exact) mass is 384 g/mol. The van der Waals surface area contributed by atoms with Gasteiger partial charge in [-0.1, -0.05) is 20.3 Å². The van der Waals surface area contributed by atoms with Crippen LogP contribution < -0.4 is 4.74 Å². The molecule has 4 rings (SSSR count). The lowest BCUT2D eigenvalue weighted by atomic mass is 9.86. The molecule has 3 heterocycles. The van der Waals surface area contributed by atoms with Gasteiger partial charge in [0.25, 0.3) is 0 Å². The van der Waals surface area contributed by atoms with Crippen molar-refractivity contribution < 1.29 is 4.74 Å². The maximum Gasteiger partial charge on any atom is 0.150 e. The molecule has 0 unspecified atom stereocenters. The molecule has 0 aliphatic carbocycles. The molecule has 0 N–H and O–H groups in total. The van der Waals surface area contributed by atoms with E-state index in [0.717, 1.165) is 31.8 Å². The Kier molecular flexibility index (Phi) is 5.33. The molecule has 2 aliphatic heterocycles. The molecule has 5 heteroatoms. The Morgan fingerprint density at radius 3 is 2.89 bits per heavy atom. The molecule has 1 aromatic heterocycles. The first kappa shape index (κ1) is 18.6. The lowest BCUT2D eigenvalue weighted by Crippen LogP contribution is -2.38. The average molecular weight is 385 g/mol. The molecular weight excluding hydrogens is 356 g/mol. The first-order chi connectivity index (χ1) is 13.1. The number of nitroso groups, excluding NO2 is 1. The van der Waals surface area contributed by atoms with Crippen molar-refractivity contribution in [3.05, 3.63) is 49.6 Å². The summed E-state index contributed by atoms with van der Waals surface area (Å²) in [6.45, 7) is 6.68. The van der Waals surface area contributed by atoms with Crippen molar-refractivity contribution >= 4 is 17.0 Å². The zero-order valence-corrected chi connectivity index (χ0v) is 17.3. The van der Waals surface area contributed by atoms with E-state index in [-0.39, 0.29) is 0 Å². The first-order valence-corrected chi connectivity index (χ1v) is 10.8. The Bertz CT molecular complexity index is 843. The highest BCUT2D eigenvalue weighted by Gasteiger charge is 2.34. The fourth-order valence-corrected chi connectivity index (χ4v) is 5.73. The van der Waals surface area contributed by atoms with Gasteiger partial charge in [-0.25, -0.2) is 0 Å². The van der Waals surface area contributed by atoms with Crippen molar-refractivity contribution in [1.82, 2.24) is 4.90 Å². The van der Waals surface area contributed by atoms with Crippen LogP contribution in [0.2, 0.25) is 0 Å². The summed E-state index contributed by atoms with van der Waals surface area (Å²) in [5.41, 5.74) is 4.50. The molecular formula is C22H28N2O2S. The lowest BCUT2D eigenvalue weighted by molar-refractivity contribution is 0.162. The molecule has 4 nitrogen and oxygen atoms in total. The lowest BCUT2D eigenvalue weighted by Gasteiger charge is -2.40. The maximum atomic E-state index is 11.2. The second kappa shape index (κ2) is 7.72. The summed E-state index contributed by atoms with van der Waals surface area (Å²) in [5, 5.41) is 3.19. The van der Waals surface area contributed by atoms with E-state index in [1.807, 2.05) is 23.5 Å². The maximum absolute atomic E-state index is 11.2. The molecule has 0 fully saturated rings. The van der Waals surface area contributed by atoms with Crippen molar-refractivity contribution in [2.75, 3.05) is 13.7 Å². The largest absolute Gasteiger partial charge is 0.494 e. The summed E-state index contributed by atoms with van der Waals surface area (Å²) in [6, 6.07) is 6.78. The number of methoxy groups -OCH3 is 1. The third-order valence-corrected chi connectivity index (χ3v) is 7.17. The number of rotatable bonds is 6. The Morgan fingerprint density at radius 1 is 1.30 bits per heavy atom. The standard InChI is InChI=1S/C22H28N2O2S/c1-14(2)5-4-6-17-9-16-13-24-8-7-15-10-21(26-3)19(23-25)11-18(15)20(24)12-22(16)27-17/h9-11,14,20H,4-8,12-13H2,1-3H3/t20-/m0/s1. The molecule has 1 atom stereocenters. The van der Waals surface area contributed by atoms with Crippen molar-refractivity contribution in [2.45, 2.75) is 58.5 Å². The van der Waals surface area contributed by atoms with E-state index < -0.39 is 0 Å². The van der Waals surface area contributed by atoms with Gasteiger partial charge in [0, 0.05) is 35.3 Å². The van der Waals surface area contributed by atoms with E-state index in [1.165, 1.54) is 45.7 Å². The Labute approximate surface area is 165 Å². The van der Waals surface area contributed by atoms with Crippen LogP contribution in [-0.4, -0.2) is 18.6 Å². The smallest absolute Gasteiger partial charge is 0.150 e. The zero-order valence-electron chi connectivity index (χ0n) is 16.5. The second-order valence-electron chi connectivity index (χ2n) is 8.20. The fraction of sp³-hybridized carbons (Fsp3) is 0.545. The van der Waals surface area contributed by atoms with Crippen LogP contribution in [0.4, 0.5) is 5.69 Å². The number of benzene rings is 1. The van der Waals surface area contributed by atoms with Crippen LogP contribution in [0.1, 0.15) is 59.2 Å². The van der Waals surface area contributed by atoms with Gasteiger partial charge in [0.2, 0.25) is 0 Å². The van der Waals surface area contributed by atoms with Crippen LogP contribution in [-0.2, 0) is 25.8 Å². The quantitative estimate of drug-likeness (QED) is 0.592. The summed E-state index contributed by atoms with van der Waals surface area (Å²) in [6.07, 6.45) is 5.83. The summed E-state index contributed by atoms with van der Waals surface area (Å²) >= 11 is 2.00. The molecule has 2 aromatic rings. The third kappa shape index (κ3) is 3.67. The number of hydrogen-bond acceptors (Lipinski definition) is 5. The molecule has 144 valence electrons. The van der Waals surface area contributed by atoms with Crippen molar-refractivity contribution in [1.29, 1.82) is 0 Å². The third-order valence-electron chi connectivity index (χ3n) is 5.91. The highest BCUT2D eigenvalue weighted by Crippen LogP contribution is 2.44. The van der Waals surface area contributed by atoms with E-state index in [1.54, 1.807) is 7.11 Å². The predicted molar refractivity (Wildman–Crippen MR) is 111 cm³/mol. The van der Waals surface area contributed by atoms with Crippen molar-refractivity contribution in [3.63, 3.8) is 0 Å². The molecule has 2 aliphatic rings. The van der Waals surface area contributed by atoms with E-state index in [2.05, 4.69) is 30.0 Å². The minimum atomic E-state index is 0.356. The van der Waals surface area contributed by atoms with Gasteiger partial charge in [0.05, 0.1) is 7.11 Å². The Morgan fingerprint density at radius 2 is 2.15 bits per heavy atom. The van der Waals surface area contributed by atoms with Crippen molar-refractivity contribution in [2.24, 2.45) is 11.1 Å². The van der Waals surface area contributed by atoms with Gasteiger partial charge in [0.1, 0.15) is 11.4 Å². The highest BCUT2D eigenvalue weighted by atomic mass is 32.1. The molecule has 0 spiro atoms. The first-order valence-electron chi connectivity index (χ1n) is 9.97. The summed E-state index contributed by atoms with van der Waals surface area (Å²) in [4.78, 5) is 16.9. The van der Waals surface area contributed by atoms with E-state index in [9.17, 15) is 4.91 Å². The average Bonchev–Trinajstić information content (AvgIpc) is 3.06. The van der Waals surface area contributed by atoms with Crippen LogP contribution in [0.15, 0.2) is 23.4 Å². The fourth-order valence-electron chi connectivity index (χ4n) is 4.47. The summed E-state index contributed by atoms with van der Waals surface area (Å²) in [5.74, 6) is 1.37. The van der Waals surface area contributed by atoms with Gasteiger partial charge in [-0.05, 0) is 65.2 Å². The number of hydrogen-bond donors (Lipinski definition) is 0. The molecule has 0 bridgehead atoms. The SMILES string of the molecule is COc1cc2c(cc1N=O)[C@@H]1Cc3sc(CCCC(C)C)cc3CN1CC2. The number of aryl methyl sites for hydroxylation is 1. The van der Waals surface area contributed by atoms with Gasteiger partial charge in [-0.15, -0.1) is 16.2 Å². The molecule has 0 radical (unpaired) electrons. The number of fused-ring (bicyclic) bond motifs is 4. The second-order valence-corrected chi connectivity index (χ2v) is 9.42. The van der Waals surface area contributed by atoms with Gasteiger partial charge in [-0.2, -0.15) is 0 Å². The molecule has 1 aromatic carbocycles. The van der Waals surface area contributed by atoms with Crippen LogP contribution >= 0.6 is 11.3 Å². The number of ether oxygens (including phenoxy) is 1. The predicted octanol–water partition coefficient (Wildman–Crippen LogP) is 5.79. The van der Waals surface area contributed by atoms with Crippen LogP contribution in [0.5, 0.6) is 5.75 Å². The van der Waals surface area contributed by atoms with Crippen LogP contribution in [0.25, 0.3) is 0 Å². The number of thiophene rings is 1. The number of nitrogens with zero attached hydrogens (tertiary/aromatic N) is 2. The highest BCUT2D eigenvalue weighted by molar-refractivity contribution is 7.12. The van der Waals surface area contributed by atoms with Gasteiger partial charge >= 0.3 is 0 Å². The van der Waals surface area contributed by atoms with E-state index in [0.29, 0.717) is 17.5 Å². The van der Waals surface area contributed by atoms with Gasteiger partial charge < -0.3 is 4.74 Å². The summed E-state index contributed by atoms with van der Waals surface area (Å²) in [7, 11) is 1.60. The van der Waals surface area contributed by atoms with Crippen molar-refractivity contribution in [3.8, 4) is 5.75 Å². The van der Waals surface area contributed by atoms with Gasteiger partial charge in [0.15, 0.2) is 0 Å². The Hall–Kier alpha value is -1.72. The minimum absolute atomic E-state index is 0.356. The molecule has 0 saturated carbocycles. The zero-order chi connectivity index (χ0) is 19.0. The van der Waals surface area contributed by atoms with E-state index in [4.69, 9.17) is 4.74 Å². The van der Waals surface area contributed by atoms with Crippen LogP contribution in [0.3, 0.4) is 0 Å². The van der Waals surface area contributed by atoms with Crippen LogP contribution in [0, 0.1) is 10.8 Å². The molecule has 0 saturated heterocycles. The summed E-state index contributed by atoms with van der Waals surface area (Å²) < 4.78 is 5.35. The topological polar surface area (TPSA) is 41.9 Å². The minimum Gasteiger partial charge on any atom is -0.494 e. The van der Waals surface area contributed by atoms with Gasteiger partial charge in [-0.3, -0.25) is 4.90 Å². The molecule has 27 heavy (non-hydrogen) atoms. The van der Waals surface area contributed by atoms with E-state index >= 15 is 0 Å². The normalized spacial score (nSPS) is 18.7. The molecule has 0 amide bonds. The Balaban J connectivity index is 1.58.